The minimum absolute atomic E-state index is 0.229. The summed E-state index contributed by atoms with van der Waals surface area (Å²) in [5, 5.41) is 11.7. The number of nitrogens with zero attached hydrogens (tertiary/aromatic N) is 1. The number of halogens is 3. The van der Waals surface area contributed by atoms with Crippen molar-refractivity contribution >= 4 is 59.3 Å². The molecule has 2 aromatic carbocycles. The summed E-state index contributed by atoms with van der Waals surface area (Å²) in [5.41, 5.74) is 4.21. The standard InChI is InChI=1S/C18H17Br3N2O4/c1-26-13-8-6-12(7-9-13)23-16(18(25)27-22-23)17(24)15(21)14(20)10-2-4-11(19)5-3-10/h2-9,14-16,18,22,25H,1H3. The number of rotatable bonds is 6. The molecule has 9 heteroatoms. The number of ketones is 1. The number of aliphatic hydroxyl groups is 1. The van der Waals surface area contributed by atoms with E-state index in [2.05, 4.69) is 53.4 Å². The highest BCUT2D eigenvalue weighted by Gasteiger charge is 2.44. The quantitative estimate of drug-likeness (QED) is 0.519. The largest absolute Gasteiger partial charge is 0.497 e. The maximum Gasteiger partial charge on any atom is 0.206 e. The van der Waals surface area contributed by atoms with Gasteiger partial charge in [0.15, 0.2) is 11.8 Å². The lowest BCUT2D eigenvalue weighted by molar-refractivity contribution is -0.133. The van der Waals surface area contributed by atoms with E-state index in [4.69, 9.17) is 9.57 Å². The number of hydrogen-bond donors (Lipinski definition) is 2. The number of carbonyl (C=O) groups is 1. The fourth-order valence-electron chi connectivity index (χ4n) is 2.71. The van der Waals surface area contributed by atoms with Gasteiger partial charge in [-0.2, -0.15) is 0 Å². The summed E-state index contributed by atoms with van der Waals surface area (Å²) < 4.78 is 6.11. The van der Waals surface area contributed by atoms with Crippen molar-refractivity contribution in [1.82, 2.24) is 5.59 Å². The molecule has 27 heavy (non-hydrogen) atoms. The van der Waals surface area contributed by atoms with Gasteiger partial charge in [0.1, 0.15) is 5.75 Å². The van der Waals surface area contributed by atoms with Crippen molar-refractivity contribution in [3.05, 3.63) is 58.6 Å². The normalized spacial score (nSPS) is 21.7. The van der Waals surface area contributed by atoms with E-state index in [0.29, 0.717) is 11.4 Å². The van der Waals surface area contributed by atoms with Crippen LogP contribution in [-0.2, 0) is 9.63 Å². The van der Waals surface area contributed by atoms with E-state index in [1.54, 1.807) is 31.4 Å². The molecule has 1 aliphatic rings. The lowest BCUT2D eigenvalue weighted by Gasteiger charge is -2.27. The van der Waals surface area contributed by atoms with Gasteiger partial charge in [-0.1, -0.05) is 59.9 Å². The Labute approximate surface area is 182 Å². The molecular weight excluding hydrogens is 548 g/mol. The summed E-state index contributed by atoms with van der Waals surface area (Å²) in [5.74, 6) is 0.463. The van der Waals surface area contributed by atoms with Crippen molar-refractivity contribution < 1.29 is 19.5 Å². The Bertz CT molecular complexity index is 788. The average molecular weight is 565 g/mol. The van der Waals surface area contributed by atoms with Gasteiger partial charge < -0.3 is 9.84 Å². The first kappa shape index (κ1) is 20.8. The lowest BCUT2D eigenvalue weighted by atomic mass is 10.0. The fraction of sp³-hybridized carbons (Fsp3) is 0.278. The molecule has 1 fully saturated rings. The highest BCUT2D eigenvalue weighted by Crippen LogP contribution is 2.35. The van der Waals surface area contributed by atoms with E-state index in [9.17, 15) is 9.90 Å². The van der Waals surface area contributed by atoms with Crippen LogP contribution in [0.2, 0.25) is 0 Å². The van der Waals surface area contributed by atoms with Crippen LogP contribution < -0.4 is 15.3 Å². The second-order valence-electron chi connectivity index (χ2n) is 5.87. The maximum absolute atomic E-state index is 13.1. The molecular formula is C18H17Br3N2O4. The Morgan fingerprint density at radius 2 is 1.81 bits per heavy atom. The zero-order valence-electron chi connectivity index (χ0n) is 14.2. The first-order valence-electron chi connectivity index (χ1n) is 8.02. The topological polar surface area (TPSA) is 71.0 Å². The lowest BCUT2D eigenvalue weighted by Crippen LogP contribution is -2.48. The number of aliphatic hydroxyl groups excluding tert-OH is 1. The van der Waals surface area contributed by atoms with Gasteiger partial charge in [-0.3, -0.25) is 9.80 Å². The molecule has 6 nitrogen and oxygen atoms in total. The molecule has 1 saturated heterocycles. The number of hydrazine groups is 1. The van der Waals surface area contributed by atoms with Crippen LogP contribution in [-0.4, -0.2) is 35.2 Å². The van der Waals surface area contributed by atoms with Crippen LogP contribution in [0.3, 0.4) is 0 Å². The molecule has 0 spiro atoms. The number of carbonyl (C=O) groups excluding carboxylic acids is 1. The maximum atomic E-state index is 13.1. The van der Waals surface area contributed by atoms with Crippen molar-refractivity contribution in [3.8, 4) is 5.75 Å². The summed E-state index contributed by atoms with van der Waals surface area (Å²) in [7, 11) is 1.58. The first-order valence-corrected chi connectivity index (χ1v) is 10.6. The highest BCUT2D eigenvalue weighted by molar-refractivity contribution is 9.12. The minimum atomic E-state index is -1.30. The van der Waals surface area contributed by atoms with Gasteiger partial charge in [0, 0.05) is 4.47 Å². The molecule has 1 heterocycles. The van der Waals surface area contributed by atoms with E-state index < -0.39 is 17.2 Å². The summed E-state index contributed by atoms with van der Waals surface area (Å²) in [4.78, 5) is 17.4. The second-order valence-corrected chi connectivity index (χ2v) is 8.76. The predicted octanol–water partition coefficient (Wildman–Crippen LogP) is 3.87. The zero-order valence-corrected chi connectivity index (χ0v) is 18.9. The SMILES string of the molecule is COc1ccc(N2NOC(O)C2C(=O)C(Br)C(Br)c2ccc(Br)cc2)cc1. The summed E-state index contributed by atoms with van der Waals surface area (Å²) in [6.45, 7) is 0. The first-order chi connectivity index (χ1) is 12.9. The Hall–Kier alpha value is -0.970. The fourth-order valence-corrected chi connectivity index (χ4v) is 4.11. The van der Waals surface area contributed by atoms with Crippen molar-refractivity contribution in [2.45, 2.75) is 22.0 Å². The van der Waals surface area contributed by atoms with Gasteiger partial charge >= 0.3 is 0 Å². The highest BCUT2D eigenvalue weighted by atomic mass is 79.9. The predicted molar refractivity (Wildman–Crippen MR) is 113 cm³/mol. The van der Waals surface area contributed by atoms with Crippen molar-refractivity contribution in [2.75, 3.05) is 12.1 Å². The van der Waals surface area contributed by atoms with E-state index >= 15 is 0 Å². The van der Waals surface area contributed by atoms with Gasteiger partial charge in [0.05, 0.1) is 22.5 Å². The molecule has 4 unspecified atom stereocenters. The van der Waals surface area contributed by atoms with Crippen molar-refractivity contribution in [3.63, 3.8) is 0 Å². The monoisotopic (exact) mass is 562 g/mol. The van der Waals surface area contributed by atoms with Crippen LogP contribution >= 0.6 is 47.8 Å². The van der Waals surface area contributed by atoms with Crippen molar-refractivity contribution in [1.29, 1.82) is 0 Å². The average Bonchev–Trinajstić information content (AvgIpc) is 3.08. The van der Waals surface area contributed by atoms with Crippen LogP contribution in [0.4, 0.5) is 5.69 Å². The van der Waals surface area contributed by atoms with Crippen LogP contribution in [0.25, 0.3) is 0 Å². The third-order valence-electron chi connectivity index (χ3n) is 4.18. The molecule has 3 rings (SSSR count). The number of nitrogens with one attached hydrogen (secondary N) is 1. The Morgan fingerprint density at radius 3 is 2.41 bits per heavy atom. The summed E-state index contributed by atoms with van der Waals surface area (Å²) in [6.07, 6.45) is -1.30. The van der Waals surface area contributed by atoms with Crippen LogP contribution in [0.15, 0.2) is 53.0 Å². The van der Waals surface area contributed by atoms with E-state index in [0.717, 1.165) is 10.0 Å². The molecule has 0 aromatic heterocycles. The molecule has 144 valence electrons. The number of Topliss-reactive ketones (excluding diaryl/α,β-unsaturated/α-hetero) is 1. The van der Waals surface area contributed by atoms with Crippen molar-refractivity contribution in [2.24, 2.45) is 0 Å². The van der Waals surface area contributed by atoms with E-state index in [-0.39, 0.29) is 10.6 Å². The van der Waals surface area contributed by atoms with Gasteiger partial charge in [-0.05, 0) is 42.0 Å². The van der Waals surface area contributed by atoms with Gasteiger partial charge in [-0.15, -0.1) is 5.59 Å². The van der Waals surface area contributed by atoms with E-state index in [1.807, 2.05) is 24.3 Å². The second kappa shape index (κ2) is 9.02. The molecule has 0 amide bonds. The van der Waals surface area contributed by atoms with Crippen LogP contribution in [0.1, 0.15) is 10.4 Å². The molecule has 0 bridgehead atoms. The molecule has 2 aromatic rings. The molecule has 1 aliphatic heterocycles. The Balaban J connectivity index is 1.80. The van der Waals surface area contributed by atoms with Gasteiger partial charge in [-0.25, -0.2) is 4.84 Å². The third-order valence-corrected chi connectivity index (χ3v) is 7.45. The number of ether oxygens (including phenoxy) is 1. The molecule has 0 saturated carbocycles. The number of anilines is 1. The molecule has 4 atom stereocenters. The minimum Gasteiger partial charge on any atom is -0.497 e. The zero-order chi connectivity index (χ0) is 19.6. The Kier molecular flexibility index (Phi) is 6.93. The summed E-state index contributed by atoms with van der Waals surface area (Å²) >= 11 is 10.5. The summed E-state index contributed by atoms with van der Waals surface area (Å²) in [6, 6.07) is 13.8. The number of hydrogen-bond acceptors (Lipinski definition) is 6. The van der Waals surface area contributed by atoms with Crippen LogP contribution in [0, 0.1) is 0 Å². The number of methoxy groups -OCH3 is 1. The Morgan fingerprint density at radius 1 is 1.19 bits per heavy atom. The smallest absolute Gasteiger partial charge is 0.206 e. The van der Waals surface area contributed by atoms with Gasteiger partial charge in [0.2, 0.25) is 6.29 Å². The third kappa shape index (κ3) is 4.55. The van der Waals surface area contributed by atoms with Crippen LogP contribution in [0.5, 0.6) is 5.75 Å². The molecule has 2 N–H and O–H groups in total. The number of benzene rings is 2. The molecule has 0 aliphatic carbocycles. The number of alkyl halides is 2. The van der Waals surface area contributed by atoms with E-state index in [1.165, 1.54) is 5.01 Å². The van der Waals surface area contributed by atoms with Gasteiger partial charge in [0.25, 0.3) is 0 Å². The molecule has 0 radical (unpaired) electrons.